The van der Waals surface area contributed by atoms with Crippen LogP contribution >= 0.6 is 0 Å². The number of ether oxygens (including phenoxy) is 1. The van der Waals surface area contributed by atoms with Crippen LogP contribution in [-0.4, -0.2) is 32.9 Å². The lowest BCUT2D eigenvalue weighted by Crippen LogP contribution is -2.27. The lowest BCUT2D eigenvalue weighted by atomic mass is 10.1. The van der Waals surface area contributed by atoms with Crippen molar-refractivity contribution >= 4 is 17.5 Å². The maximum Gasteiger partial charge on any atom is 0.340 e. The van der Waals surface area contributed by atoms with E-state index >= 15 is 0 Å². The third kappa shape index (κ3) is 2.67. The first-order chi connectivity index (χ1) is 11.6. The average molecular weight is 331 g/mol. The third-order valence-corrected chi connectivity index (χ3v) is 3.18. The Morgan fingerprint density at radius 2 is 2.08 bits per heavy atom. The summed E-state index contributed by atoms with van der Waals surface area (Å²) in [6.45, 7) is 0. The molecular weight excluding hydrogens is 320 g/mol. The Labute approximate surface area is 135 Å². The molecule has 0 aliphatic heterocycles. The normalized spacial score (nSPS) is 10.5. The number of carbonyl (C=O) groups is 1. The number of rotatable bonds is 4. The van der Waals surface area contributed by atoms with Crippen molar-refractivity contribution in [3.05, 3.63) is 66.4 Å². The van der Waals surface area contributed by atoms with Crippen molar-refractivity contribution < 1.29 is 18.3 Å². The molecule has 0 N–H and O–H groups in total. The molecule has 7 nitrogen and oxygen atoms in total. The Hall–Kier alpha value is -3.36. The molecule has 0 aliphatic rings. The second-order valence-corrected chi connectivity index (χ2v) is 4.59. The van der Waals surface area contributed by atoms with E-state index in [-0.39, 0.29) is 17.1 Å². The number of benzene rings is 1. The van der Waals surface area contributed by atoms with Crippen LogP contribution < -0.4 is 5.01 Å². The number of anilines is 2. The molecular formula is C15H11F2N5O2. The van der Waals surface area contributed by atoms with Crippen molar-refractivity contribution in [2.75, 3.05) is 12.1 Å². The highest BCUT2D eigenvalue weighted by atomic mass is 19.2. The molecule has 122 valence electrons. The van der Waals surface area contributed by atoms with Crippen molar-refractivity contribution in [2.45, 2.75) is 0 Å². The van der Waals surface area contributed by atoms with Gasteiger partial charge in [-0.1, -0.05) is 0 Å². The quantitative estimate of drug-likeness (QED) is 0.683. The Kier molecular flexibility index (Phi) is 4.15. The van der Waals surface area contributed by atoms with Crippen LogP contribution in [0, 0.1) is 11.6 Å². The molecule has 3 aromatic rings. The smallest absolute Gasteiger partial charge is 0.340 e. The Morgan fingerprint density at radius 3 is 2.71 bits per heavy atom. The molecule has 2 aromatic heterocycles. The van der Waals surface area contributed by atoms with E-state index in [0.29, 0.717) is 0 Å². The predicted molar refractivity (Wildman–Crippen MR) is 79.5 cm³/mol. The number of hydrogen-bond acceptors (Lipinski definition) is 6. The molecule has 0 spiro atoms. The van der Waals surface area contributed by atoms with Crippen LogP contribution in [0.5, 0.6) is 0 Å². The van der Waals surface area contributed by atoms with Crippen LogP contribution in [0.25, 0.3) is 0 Å². The highest BCUT2D eigenvalue weighted by Gasteiger charge is 2.27. The molecule has 9 heteroatoms. The van der Waals surface area contributed by atoms with E-state index in [1.807, 2.05) is 0 Å². The number of aromatic nitrogens is 4. The van der Waals surface area contributed by atoms with Crippen molar-refractivity contribution in [1.29, 1.82) is 0 Å². The summed E-state index contributed by atoms with van der Waals surface area (Å²) in [5, 5.41) is 8.80. The summed E-state index contributed by atoms with van der Waals surface area (Å²) in [5.41, 5.74) is -0.531. The van der Waals surface area contributed by atoms with Crippen LogP contribution in [0.15, 0.2) is 49.2 Å². The van der Waals surface area contributed by atoms with E-state index in [0.717, 1.165) is 19.2 Å². The summed E-state index contributed by atoms with van der Waals surface area (Å²) in [7, 11) is 1.15. The SMILES string of the molecule is COC(=O)c1ccc(F)c(F)c1N(c1cccnn1)n1ccnc1. The lowest BCUT2D eigenvalue weighted by molar-refractivity contribution is 0.0601. The van der Waals surface area contributed by atoms with Gasteiger partial charge in [0, 0.05) is 18.6 Å². The van der Waals surface area contributed by atoms with Gasteiger partial charge < -0.3 is 4.74 Å². The van der Waals surface area contributed by atoms with E-state index in [9.17, 15) is 13.6 Å². The zero-order valence-corrected chi connectivity index (χ0v) is 12.4. The van der Waals surface area contributed by atoms with Gasteiger partial charge in [-0.25, -0.2) is 28.2 Å². The van der Waals surface area contributed by atoms with E-state index in [4.69, 9.17) is 0 Å². The average Bonchev–Trinajstić information content (AvgIpc) is 3.13. The van der Waals surface area contributed by atoms with Crippen LogP contribution in [-0.2, 0) is 4.74 Å². The minimum absolute atomic E-state index is 0.158. The van der Waals surface area contributed by atoms with Crippen LogP contribution in [0.2, 0.25) is 0 Å². The van der Waals surface area contributed by atoms with Crippen molar-refractivity contribution in [3.63, 3.8) is 0 Å². The number of hydrogen-bond donors (Lipinski definition) is 0. The Morgan fingerprint density at radius 1 is 1.25 bits per heavy atom. The van der Waals surface area contributed by atoms with Gasteiger partial charge in [-0.2, -0.15) is 5.10 Å². The molecule has 0 saturated heterocycles. The fourth-order valence-corrected chi connectivity index (χ4v) is 2.15. The zero-order valence-electron chi connectivity index (χ0n) is 12.4. The topological polar surface area (TPSA) is 73.1 Å². The minimum Gasteiger partial charge on any atom is -0.465 e. The molecule has 0 atom stereocenters. The molecule has 0 bridgehead atoms. The monoisotopic (exact) mass is 331 g/mol. The van der Waals surface area contributed by atoms with Crippen LogP contribution in [0.4, 0.5) is 20.3 Å². The highest BCUT2D eigenvalue weighted by Crippen LogP contribution is 2.32. The molecule has 0 saturated carbocycles. The lowest BCUT2D eigenvalue weighted by Gasteiger charge is -2.25. The fraction of sp³-hybridized carbons (Fsp3) is 0.0667. The second-order valence-electron chi connectivity index (χ2n) is 4.59. The number of esters is 1. The van der Waals surface area contributed by atoms with Gasteiger partial charge in [0.1, 0.15) is 12.0 Å². The molecule has 0 fully saturated rings. The Balaban J connectivity index is 2.29. The molecule has 2 heterocycles. The van der Waals surface area contributed by atoms with Gasteiger partial charge >= 0.3 is 5.97 Å². The first-order valence-electron chi connectivity index (χ1n) is 6.76. The summed E-state index contributed by atoms with van der Waals surface area (Å²) in [6, 6.07) is 5.09. The van der Waals surface area contributed by atoms with Gasteiger partial charge in [-0.3, -0.25) is 0 Å². The molecule has 1 aromatic carbocycles. The van der Waals surface area contributed by atoms with Gasteiger partial charge in [0.05, 0.1) is 12.7 Å². The number of carbonyl (C=O) groups excluding carboxylic acids is 1. The predicted octanol–water partition coefficient (Wildman–Crippen LogP) is 2.34. The van der Waals surface area contributed by atoms with E-state index in [1.165, 1.54) is 40.7 Å². The molecule has 24 heavy (non-hydrogen) atoms. The summed E-state index contributed by atoms with van der Waals surface area (Å²) in [6.07, 6.45) is 5.71. The zero-order chi connectivity index (χ0) is 17.1. The van der Waals surface area contributed by atoms with Gasteiger partial charge in [0.15, 0.2) is 17.5 Å². The number of nitrogens with zero attached hydrogens (tertiary/aromatic N) is 5. The fourth-order valence-electron chi connectivity index (χ4n) is 2.15. The van der Waals surface area contributed by atoms with E-state index in [1.54, 1.807) is 6.07 Å². The van der Waals surface area contributed by atoms with Crippen LogP contribution in [0.3, 0.4) is 0 Å². The standard InChI is InChI=1S/C15H11F2N5O2/c1-24-15(23)10-4-5-11(16)13(17)14(10)22(21-8-7-18-9-21)12-3-2-6-19-20-12/h2-9H,1H3. The maximum atomic E-state index is 14.6. The molecule has 0 radical (unpaired) electrons. The maximum absolute atomic E-state index is 14.6. The largest absolute Gasteiger partial charge is 0.465 e. The van der Waals surface area contributed by atoms with Crippen molar-refractivity contribution in [2.24, 2.45) is 0 Å². The van der Waals surface area contributed by atoms with Gasteiger partial charge in [0.25, 0.3) is 0 Å². The van der Waals surface area contributed by atoms with Gasteiger partial charge in [-0.15, -0.1) is 5.10 Å². The number of methoxy groups -OCH3 is 1. The Bertz CT molecular complexity index is 856. The van der Waals surface area contributed by atoms with Crippen LogP contribution in [0.1, 0.15) is 10.4 Å². The molecule has 0 amide bonds. The first kappa shape index (κ1) is 15.5. The summed E-state index contributed by atoms with van der Waals surface area (Å²) in [5.74, 6) is -3.01. The second kappa shape index (κ2) is 6.41. The van der Waals surface area contributed by atoms with Crippen molar-refractivity contribution in [1.82, 2.24) is 19.9 Å². The third-order valence-electron chi connectivity index (χ3n) is 3.18. The number of halogens is 2. The van der Waals surface area contributed by atoms with E-state index < -0.39 is 17.6 Å². The number of imidazole rings is 1. The summed E-state index contributed by atoms with van der Waals surface area (Å²) in [4.78, 5) is 15.9. The highest BCUT2D eigenvalue weighted by molar-refractivity contribution is 5.96. The molecule has 3 rings (SSSR count). The molecule has 0 aliphatic carbocycles. The van der Waals surface area contributed by atoms with Crippen molar-refractivity contribution in [3.8, 4) is 0 Å². The molecule has 0 unspecified atom stereocenters. The van der Waals surface area contributed by atoms with Gasteiger partial charge in [-0.05, 0) is 24.3 Å². The van der Waals surface area contributed by atoms with Gasteiger partial charge in [0.2, 0.25) is 0 Å². The first-order valence-corrected chi connectivity index (χ1v) is 6.76. The summed E-state index contributed by atoms with van der Waals surface area (Å²) >= 11 is 0. The van der Waals surface area contributed by atoms with E-state index in [2.05, 4.69) is 19.9 Å². The summed E-state index contributed by atoms with van der Waals surface area (Å²) < 4.78 is 34.4. The minimum atomic E-state index is -1.22.